The molecule has 1 heterocycles. The van der Waals surface area contributed by atoms with Gasteiger partial charge in [0.05, 0.1) is 6.61 Å². The van der Waals surface area contributed by atoms with Crippen molar-refractivity contribution >= 4 is 0 Å². The molecule has 0 atom stereocenters. The van der Waals surface area contributed by atoms with E-state index in [4.69, 9.17) is 4.74 Å². The SMILES string of the molecule is CCCNCCCCCCOCCN1CCCCC1. The van der Waals surface area contributed by atoms with Gasteiger partial charge in [0.15, 0.2) is 0 Å². The number of nitrogens with zero attached hydrogens (tertiary/aromatic N) is 1. The second-order valence-electron chi connectivity index (χ2n) is 5.68. The molecule has 114 valence electrons. The maximum absolute atomic E-state index is 5.72. The molecule has 0 radical (unpaired) electrons. The van der Waals surface area contributed by atoms with Crippen LogP contribution >= 0.6 is 0 Å². The fourth-order valence-corrected chi connectivity index (χ4v) is 2.59. The van der Waals surface area contributed by atoms with Crippen LogP contribution in [-0.4, -0.2) is 50.8 Å². The van der Waals surface area contributed by atoms with E-state index in [9.17, 15) is 0 Å². The Bertz CT molecular complexity index is 182. The van der Waals surface area contributed by atoms with Crippen molar-refractivity contribution in [2.45, 2.75) is 58.3 Å². The number of hydrogen-bond acceptors (Lipinski definition) is 3. The summed E-state index contributed by atoms with van der Waals surface area (Å²) in [4.78, 5) is 2.54. The lowest BCUT2D eigenvalue weighted by atomic mass is 10.1. The minimum absolute atomic E-state index is 0.929. The van der Waals surface area contributed by atoms with Crippen LogP contribution in [0.4, 0.5) is 0 Å². The first-order valence-electron chi connectivity index (χ1n) is 8.44. The molecule has 0 amide bonds. The summed E-state index contributed by atoms with van der Waals surface area (Å²) >= 11 is 0. The van der Waals surface area contributed by atoms with E-state index in [0.717, 1.165) is 19.8 Å². The molecular formula is C16H34N2O. The minimum Gasteiger partial charge on any atom is -0.380 e. The van der Waals surface area contributed by atoms with Gasteiger partial charge in [0.2, 0.25) is 0 Å². The van der Waals surface area contributed by atoms with E-state index in [-0.39, 0.29) is 0 Å². The summed E-state index contributed by atoms with van der Waals surface area (Å²) in [5.74, 6) is 0. The molecule has 3 nitrogen and oxygen atoms in total. The summed E-state index contributed by atoms with van der Waals surface area (Å²) in [5.41, 5.74) is 0. The number of hydrogen-bond donors (Lipinski definition) is 1. The minimum atomic E-state index is 0.929. The zero-order valence-corrected chi connectivity index (χ0v) is 13.0. The summed E-state index contributed by atoms with van der Waals surface area (Å²) in [5, 5.41) is 3.45. The van der Waals surface area contributed by atoms with E-state index in [0.29, 0.717) is 0 Å². The first-order valence-corrected chi connectivity index (χ1v) is 8.44. The van der Waals surface area contributed by atoms with Gasteiger partial charge >= 0.3 is 0 Å². The van der Waals surface area contributed by atoms with E-state index in [1.54, 1.807) is 0 Å². The lowest BCUT2D eigenvalue weighted by Crippen LogP contribution is -2.32. The lowest BCUT2D eigenvalue weighted by Gasteiger charge is -2.26. The van der Waals surface area contributed by atoms with Crippen molar-refractivity contribution in [3.05, 3.63) is 0 Å². The van der Waals surface area contributed by atoms with Gasteiger partial charge in [-0.1, -0.05) is 26.2 Å². The molecule has 1 rings (SSSR count). The number of unbranched alkanes of at least 4 members (excludes halogenated alkanes) is 3. The molecule has 19 heavy (non-hydrogen) atoms. The third-order valence-corrected chi connectivity index (χ3v) is 3.82. The molecule has 0 saturated carbocycles. The highest BCUT2D eigenvalue weighted by Crippen LogP contribution is 2.07. The van der Waals surface area contributed by atoms with Gasteiger partial charge in [-0.2, -0.15) is 0 Å². The van der Waals surface area contributed by atoms with Crippen LogP contribution in [0.15, 0.2) is 0 Å². The van der Waals surface area contributed by atoms with Gasteiger partial charge in [-0.3, -0.25) is 0 Å². The van der Waals surface area contributed by atoms with Gasteiger partial charge in [-0.05, 0) is 58.3 Å². The molecule has 1 aliphatic rings. The third-order valence-electron chi connectivity index (χ3n) is 3.82. The quantitative estimate of drug-likeness (QED) is 0.552. The zero-order valence-electron chi connectivity index (χ0n) is 13.0. The van der Waals surface area contributed by atoms with Crippen LogP contribution in [0, 0.1) is 0 Å². The molecule has 0 aliphatic carbocycles. The Balaban J connectivity index is 1.71. The number of nitrogens with one attached hydrogen (secondary N) is 1. The van der Waals surface area contributed by atoms with Gasteiger partial charge in [0, 0.05) is 13.2 Å². The van der Waals surface area contributed by atoms with E-state index in [1.165, 1.54) is 77.5 Å². The van der Waals surface area contributed by atoms with Crippen LogP contribution in [0.1, 0.15) is 58.3 Å². The van der Waals surface area contributed by atoms with Crippen molar-refractivity contribution in [1.29, 1.82) is 0 Å². The lowest BCUT2D eigenvalue weighted by molar-refractivity contribution is 0.0938. The molecule has 0 spiro atoms. The summed E-state index contributed by atoms with van der Waals surface area (Å²) in [6, 6.07) is 0. The van der Waals surface area contributed by atoms with E-state index in [2.05, 4.69) is 17.1 Å². The normalized spacial score (nSPS) is 16.9. The summed E-state index contributed by atoms with van der Waals surface area (Å²) < 4.78 is 5.72. The monoisotopic (exact) mass is 270 g/mol. The number of rotatable bonds is 12. The fraction of sp³-hybridized carbons (Fsp3) is 1.00. The van der Waals surface area contributed by atoms with E-state index in [1.807, 2.05) is 0 Å². The summed E-state index contributed by atoms with van der Waals surface area (Å²) in [6.45, 7) is 10.2. The van der Waals surface area contributed by atoms with E-state index < -0.39 is 0 Å². The summed E-state index contributed by atoms with van der Waals surface area (Å²) in [7, 11) is 0. The van der Waals surface area contributed by atoms with Gasteiger partial charge in [-0.15, -0.1) is 0 Å². The van der Waals surface area contributed by atoms with Crippen LogP contribution in [0.3, 0.4) is 0 Å². The Morgan fingerprint density at radius 2 is 1.68 bits per heavy atom. The van der Waals surface area contributed by atoms with Crippen LogP contribution in [0.2, 0.25) is 0 Å². The molecule has 0 aromatic rings. The Kier molecular flexibility index (Phi) is 11.5. The van der Waals surface area contributed by atoms with Crippen LogP contribution in [0.5, 0.6) is 0 Å². The van der Waals surface area contributed by atoms with Gasteiger partial charge in [0.25, 0.3) is 0 Å². The Morgan fingerprint density at radius 3 is 2.47 bits per heavy atom. The van der Waals surface area contributed by atoms with Gasteiger partial charge in [0.1, 0.15) is 0 Å². The molecule has 3 heteroatoms. The predicted molar refractivity (Wildman–Crippen MR) is 82.7 cm³/mol. The van der Waals surface area contributed by atoms with Crippen LogP contribution < -0.4 is 5.32 Å². The highest BCUT2D eigenvalue weighted by atomic mass is 16.5. The first kappa shape index (κ1) is 16.9. The van der Waals surface area contributed by atoms with Crippen LogP contribution in [0.25, 0.3) is 0 Å². The molecule has 0 bridgehead atoms. The van der Waals surface area contributed by atoms with Crippen molar-refractivity contribution in [3.63, 3.8) is 0 Å². The average molecular weight is 270 g/mol. The Morgan fingerprint density at radius 1 is 0.895 bits per heavy atom. The fourth-order valence-electron chi connectivity index (χ4n) is 2.59. The molecule has 0 aromatic heterocycles. The highest BCUT2D eigenvalue weighted by Gasteiger charge is 2.08. The largest absolute Gasteiger partial charge is 0.380 e. The smallest absolute Gasteiger partial charge is 0.0593 e. The van der Waals surface area contributed by atoms with Crippen molar-refractivity contribution < 1.29 is 4.74 Å². The average Bonchev–Trinajstić information content (AvgIpc) is 2.46. The Labute approximate surface area is 120 Å². The van der Waals surface area contributed by atoms with Gasteiger partial charge < -0.3 is 15.0 Å². The zero-order chi connectivity index (χ0) is 13.6. The maximum atomic E-state index is 5.72. The van der Waals surface area contributed by atoms with Crippen molar-refractivity contribution in [1.82, 2.24) is 10.2 Å². The van der Waals surface area contributed by atoms with Crippen molar-refractivity contribution in [2.24, 2.45) is 0 Å². The Hall–Kier alpha value is -0.120. The van der Waals surface area contributed by atoms with Crippen molar-refractivity contribution in [2.75, 3.05) is 45.9 Å². The van der Waals surface area contributed by atoms with Crippen LogP contribution in [-0.2, 0) is 4.74 Å². The molecule has 1 fully saturated rings. The molecule has 1 N–H and O–H groups in total. The predicted octanol–water partition coefficient (Wildman–Crippen LogP) is 3.05. The standard InChI is InChI=1S/C16H34N2O/c1-2-10-17-11-6-3-4-9-15-19-16-14-18-12-7-5-8-13-18/h17H,2-16H2,1H3. The topological polar surface area (TPSA) is 24.5 Å². The molecule has 1 aliphatic heterocycles. The molecule has 0 aromatic carbocycles. The number of ether oxygens (including phenoxy) is 1. The maximum Gasteiger partial charge on any atom is 0.0593 e. The van der Waals surface area contributed by atoms with Crippen molar-refractivity contribution in [3.8, 4) is 0 Å². The van der Waals surface area contributed by atoms with E-state index >= 15 is 0 Å². The molecular weight excluding hydrogens is 236 g/mol. The third kappa shape index (κ3) is 10.3. The first-order chi connectivity index (χ1) is 9.43. The molecule has 0 unspecified atom stereocenters. The number of piperidine rings is 1. The molecule has 1 saturated heterocycles. The van der Waals surface area contributed by atoms with Gasteiger partial charge in [-0.25, -0.2) is 0 Å². The number of likely N-dealkylation sites (tertiary alicyclic amines) is 1. The second kappa shape index (κ2) is 12.9. The summed E-state index contributed by atoms with van der Waals surface area (Å²) in [6.07, 6.45) is 10.6. The highest BCUT2D eigenvalue weighted by molar-refractivity contribution is 4.63. The second-order valence-corrected chi connectivity index (χ2v) is 5.68.